The standard InChI is InChI=1S/C14H16ClNO3S2/c1-10-4-3-5-11(8-10)21(17,18)16-9-12(19-2)13-6-7-14(15)20-13/h3-8,12,16H,9H2,1-2H3. The van der Waals surface area contributed by atoms with Gasteiger partial charge in [0.25, 0.3) is 0 Å². The highest BCUT2D eigenvalue weighted by molar-refractivity contribution is 7.89. The van der Waals surface area contributed by atoms with Crippen molar-refractivity contribution in [1.29, 1.82) is 0 Å². The maximum absolute atomic E-state index is 12.3. The van der Waals surface area contributed by atoms with Gasteiger partial charge >= 0.3 is 0 Å². The van der Waals surface area contributed by atoms with Crippen LogP contribution in [0.5, 0.6) is 0 Å². The van der Waals surface area contributed by atoms with Crippen molar-refractivity contribution in [2.24, 2.45) is 0 Å². The number of hydrogen-bond donors (Lipinski definition) is 1. The number of rotatable bonds is 6. The van der Waals surface area contributed by atoms with E-state index in [1.807, 2.05) is 19.1 Å². The molecule has 1 N–H and O–H groups in total. The molecule has 1 aromatic carbocycles. The van der Waals surface area contributed by atoms with Crippen molar-refractivity contribution in [3.05, 3.63) is 51.2 Å². The van der Waals surface area contributed by atoms with Crippen molar-refractivity contribution in [2.75, 3.05) is 13.7 Å². The monoisotopic (exact) mass is 345 g/mol. The second-order valence-electron chi connectivity index (χ2n) is 4.53. The highest BCUT2D eigenvalue weighted by Crippen LogP contribution is 2.28. The molecular weight excluding hydrogens is 330 g/mol. The van der Waals surface area contributed by atoms with E-state index in [0.29, 0.717) is 4.34 Å². The van der Waals surface area contributed by atoms with Crippen LogP contribution in [0.2, 0.25) is 4.34 Å². The minimum absolute atomic E-state index is 0.156. The number of aryl methyl sites for hydroxylation is 1. The SMILES string of the molecule is COC(CNS(=O)(=O)c1cccc(C)c1)c1ccc(Cl)s1. The summed E-state index contributed by atoms with van der Waals surface area (Å²) in [4.78, 5) is 1.14. The summed E-state index contributed by atoms with van der Waals surface area (Å²) < 4.78 is 33.1. The summed E-state index contributed by atoms with van der Waals surface area (Å²) in [7, 11) is -2.01. The Kier molecular flexibility index (Phi) is 5.40. The molecule has 0 aliphatic rings. The predicted octanol–water partition coefficient (Wildman–Crippen LogP) is 3.38. The zero-order valence-corrected chi connectivity index (χ0v) is 14.1. The Bertz CT molecular complexity index is 713. The van der Waals surface area contributed by atoms with Crippen LogP contribution < -0.4 is 4.72 Å². The zero-order chi connectivity index (χ0) is 15.5. The molecule has 21 heavy (non-hydrogen) atoms. The molecule has 2 aromatic rings. The van der Waals surface area contributed by atoms with Crippen LogP contribution in [0.25, 0.3) is 0 Å². The zero-order valence-electron chi connectivity index (χ0n) is 11.7. The van der Waals surface area contributed by atoms with Crippen molar-refractivity contribution >= 4 is 33.0 Å². The molecule has 114 valence electrons. The third-order valence-corrected chi connectivity index (χ3v) is 5.70. The predicted molar refractivity (Wildman–Crippen MR) is 85.4 cm³/mol. The Labute approximate surface area is 133 Å². The van der Waals surface area contributed by atoms with Gasteiger partial charge in [-0.05, 0) is 36.8 Å². The first kappa shape index (κ1) is 16.5. The van der Waals surface area contributed by atoms with E-state index in [0.717, 1.165) is 10.4 Å². The molecule has 1 atom stereocenters. The molecule has 0 spiro atoms. The van der Waals surface area contributed by atoms with Gasteiger partial charge in [0.1, 0.15) is 6.10 Å². The molecule has 1 aromatic heterocycles. The van der Waals surface area contributed by atoms with Gasteiger partial charge in [0.05, 0.1) is 9.23 Å². The van der Waals surface area contributed by atoms with E-state index in [9.17, 15) is 8.42 Å². The fourth-order valence-electron chi connectivity index (χ4n) is 1.85. The van der Waals surface area contributed by atoms with Gasteiger partial charge in [-0.25, -0.2) is 13.1 Å². The number of halogens is 1. The third-order valence-electron chi connectivity index (χ3n) is 2.95. The third kappa shape index (κ3) is 4.28. The fourth-order valence-corrected chi connectivity index (χ4v) is 4.13. The van der Waals surface area contributed by atoms with Gasteiger partial charge < -0.3 is 4.74 Å². The van der Waals surface area contributed by atoms with Crippen LogP contribution in [-0.4, -0.2) is 22.1 Å². The Morgan fingerprint density at radius 2 is 2.10 bits per heavy atom. The normalized spacial score (nSPS) is 13.3. The maximum atomic E-state index is 12.3. The van der Waals surface area contributed by atoms with E-state index in [4.69, 9.17) is 16.3 Å². The number of ether oxygens (including phenoxy) is 1. The Balaban J connectivity index is 2.10. The first-order valence-corrected chi connectivity index (χ1v) is 8.94. The number of methoxy groups -OCH3 is 1. The molecular formula is C14H16ClNO3S2. The van der Waals surface area contributed by atoms with Gasteiger partial charge in [0, 0.05) is 18.5 Å². The molecule has 7 heteroatoms. The topological polar surface area (TPSA) is 55.4 Å². The minimum atomic E-state index is -3.55. The van der Waals surface area contributed by atoms with Crippen LogP contribution >= 0.6 is 22.9 Å². The van der Waals surface area contributed by atoms with Gasteiger partial charge in [-0.1, -0.05) is 23.7 Å². The smallest absolute Gasteiger partial charge is 0.240 e. The van der Waals surface area contributed by atoms with Crippen LogP contribution in [0.15, 0.2) is 41.3 Å². The quantitative estimate of drug-likeness (QED) is 0.873. The molecule has 0 aliphatic carbocycles. The van der Waals surface area contributed by atoms with Crippen LogP contribution in [0.3, 0.4) is 0 Å². The first-order valence-electron chi connectivity index (χ1n) is 6.27. The molecule has 0 amide bonds. The minimum Gasteiger partial charge on any atom is -0.375 e. The van der Waals surface area contributed by atoms with Gasteiger partial charge in [0.2, 0.25) is 10.0 Å². The summed E-state index contributed by atoms with van der Waals surface area (Å²) in [5.74, 6) is 0. The molecule has 0 saturated heterocycles. The van der Waals surface area contributed by atoms with Crippen molar-refractivity contribution in [2.45, 2.75) is 17.9 Å². The van der Waals surface area contributed by atoms with E-state index in [1.54, 1.807) is 31.4 Å². The average Bonchev–Trinajstić information content (AvgIpc) is 2.86. The summed E-state index contributed by atoms with van der Waals surface area (Å²) in [6.07, 6.45) is -0.359. The summed E-state index contributed by atoms with van der Waals surface area (Å²) in [6, 6.07) is 10.4. The summed E-state index contributed by atoms with van der Waals surface area (Å²) in [6.45, 7) is 2.01. The molecule has 0 aliphatic heterocycles. The Morgan fingerprint density at radius 1 is 1.33 bits per heavy atom. The molecule has 1 heterocycles. The largest absolute Gasteiger partial charge is 0.375 e. The van der Waals surface area contributed by atoms with E-state index in [1.165, 1.54) is 11.3 Å². The van der Waals surface area contributed by atoms with E-state index in [-0.39, 0.29) is 17.5 Å². The Morgan fingerprint density at radius 3 is 2.67 bits per heavy atom. The first-order chi connectivity index (χ1) is 9.92. The van der Waals surface area contributed by atoms with Gasteiger partial charge in [-0.3, -0.25) is 0 Å². The molecule has 0 bridgehead atoms. The molecule has 0 fully saturated rings. The molecule has 0 saturated carbocycles. The van der Waals surface area contributed by atoms with Crippen LogP contribution in [0.4, 0.5) is 0 Å². The molecule has 0 radical (unpaired) electrons. The maximum Gasteiger partial charge on any atom is 0.240 e. The van der Waals surface area contributed by atoms with Crippen LogP contribution in [-0.2, 0) is 14.8 Å². The number of sulfonamides is 1. The Hall–Kier alpha value is -0.920. The van der Waals surface area contributed by atoms with Crippen molar-refractivity contribution in [1.82, 2.24) is 4.72 Å². The lowest BCUT2D eigenvalue weighted by Crippen LogP contribution is -2.29. The van der Waals surface area contributed by atoms with Crippen molar-refractivity contribution < 1.29 is 13.2 Å². The summed E-state index contributed by atoms with van der Waals surface area (Å²) >= 11 is 7.26. The van der Waals surface area contributed by atoms with Gasteiger partial charge in [0.15, 0.2) is 0 Å². The number of nitrogens with one attached hydrogen (secondary N) is 1. The van der Waals surface area contributed by atoms with Crippen molar-refractivity contribution in [3.63, 3.8) is 0 Å². The highest BCUT2D eigenvalue weighted by atomic mass is 35.5. The second kappa shape index (κ2) is 6.89. The molecule has 1 unspecified atom stereocenters. The molecule has 2 rings (SSSR count). The number of thiophene rings is 1. The van der Waals surface area contributed by atoms with E-state index >= 15 is 0 Å². The van der Waals surface area contributed by atoms with E-state index < -0.39 is 10.0 Å². The van der Waals surface area contributed by atoms with Crippen molar-refractivity contribution in [3.8, 4) is 0 Å². The lowest BCUT2D eigenvalue weighted by atomic mass is 10.2. The summed E-state index contributed by atoms with van der Waals surface area (Å²) in [5.41, 5.74) is 0.895. The summed E-state index contributed by atoms with van der Waals surface area (Å²) in [5, 5.41) is 0. The number of hydrogen-bond acceptors (Lipinski definition) is 4. The van der Waals surface area contributed by atoms with Gasteiger partial charge in [-0.2, -0.15) is 0 Å². The molecule has 4 nitrogen and oxygen atoms in total. The lowest BCUT2D eigenvalue weighted by Gasteiger charge is -2.15. The van der Waals surface area contributed by atoms with E-state index in [2.05, 4.69) is 4.72 Å². The fraction of sp³-hybridized carbons (Fsp3) is 0.286. The second-order valence-corrected chi connectivity index (χ2v) is 8.05. The van der Waals surface area contributed by atoms with Gasteiger partial charge in [-0.15, -0.1) is 11.3 Å². The average molecular weight is 346 g/mol. The van der Waals surface area contributed by atoms with Crippen LogP contribution in [0.1, 0.15) is 16.5 Å². The highest BCUT2D eigenvalue weighted by Gasteiger charge is 2.19. The van der Waals surface area contributed by atoms with Crippen LogP contribution in [0, 0.1) is 6.92 Å². The number of benzene rings is 1. The lowest BCUT2D eigenvalue weighted by molar-refractivity contribution is 0.110.